The van der Waals surface area contributed by atoms with Gasteiger partial charge in [0, 0.05) is 12.1 Å². The molecule has 0 aliphatic heterocycles. The van der Waals surface area contributed by atoms with Crippen LogP contribution in [0, 0.1) is 6.92 Å². The molecular weight excluding hydrogens is 234 g/mol. The van der Waals surface area contributed by atoms with Gasteiger partial charge in [0.05, 0.1) is 7.11 Å². The van der Waals surface area contributed by atoms with E-state index in [4.69, 9.17) is 4.74 Å². The first kappa shape index (κ1) is 15.8. The van der Waals surface area contributed by atoms with E-state index in [0.29, 0.717) is 0 Å². The van der Waals surface area contributed by atoms with E-state index in [1.165, 1.54) is 16.7 Å². The second kappa shape index (κ2) is 6.76. The van der Waals surface area contributed by atoms with Crippen LogP contribution in [0.15, 0.2) is 23.8 Å². The normalized spacial score (nSPS) is 12.6. The van der Waals surface area contributed by atoms with Gasteiger partial charge in [-0.05, 0) is 57.4 Å². The first-order chi connectivity index (χ1) is 8.85. The molecule has 0 aliphatic rings. The second-order valence-electron chi connectivity index (χ2n) is 5.99. The van der Waals surface area contributed by atoms with Crippen LogP contribution in [0.5, 0.6) is 5.75 Å². The quantitative estimate of drug-likeness (QED) is 0.858. The van der Waals surface area contributed by atoms with Gasteiger partial charge in [0.1, 0.15) is 5.75 Å². The van der Waals surface area contributed by atoms with Gasteiger partial charge in [0.15, 0.2) is 0 Å². The lowest BCUT2D eigenvalue weighted by Gasteiger charge is -2.21. The molecule has 1 N–H and O–H groups in total. The molecule has 0 fully saturated rings. The fourth-order valence-corrected chi connectivity index (χ4v) is 1.88. The number of benzene rings is 1. The van der Waals surface area contributed by atoms with Gasteiger partial charge in [-0.3, -0.25) is 0 Å². The third-order valence-corrected chi connectivity index (χ3v) is 3.09. The highest BCUT2D eigenvalue weighted by Gasteiger charge is 2.09. The van der Waals surface area contributed by atoms with E-state index in [2.05, 4.69) is 58.1 Å². The summed E-state index contributed by atoms with van der Waals surface area (Å²) in [6.45, 7) is 11.8. The highest BCUT2D eigenvalue weighted by Crippen LogP contribution is 2.20. The van der Waals surface area contributed by atoms with Crippen LogP contribution in [-0.2, 0) is 0 Å². The van der Waals surface area contributed by atoms with Gasteiger partial charge in [-0.2, -0.15) is 0 Å². The van der Waals surface area contributed by atoms with E-state index in [1.54, 1.807) is 7.11 Å². The third kappa shape index (κ3) is 5.48. The fraction of sp³-hybridized carbons (Fsp3) is 0.529. The smallest absolute Gasteiger partial charge is 0.121 e. The Hall–Kier alpha value is -1.28. The molecule has 0 aliphatic carbocycles. The summed E-state index contributed by atoms with van der Waals surface area (Å²) in [6.07, 6.45) is 3.33. The van der Waals surface area contributed by atoms with Gasteiger partial charge in [-0.15, -0.1) is 0 Å². The molecule has 0 aromatic heterocycles. The van der Waals surface area contributed by atoms with Crippen molar-refractivity contribution in [3.63, 3.8) is 0 Å². The van der Waals surface area contributed by atoms with Crippen molar-refractivity contribution in [3.05, 3.63) is 34.9 Å². The average Bonchev–Trinajstić information content (AvgIpc) is 2.33. The average molecular weight is 261 g/mol. The van der Waals surface area contributed by atoms with Gasteiger partial charge >= 0.3 is 0 Å². The largest absolute Gasteiger partial charge is 0.496 e. The molecule has 1 aromatic rings. The summed E-state index contributed by atoms with van der Waals surface area (Å²) >= 11 is 0. The molecule has 0 saturated carbocycles. The van der Waals surface area contributed by atoms with Gasteiger partial charge in [0.2, 0.25) is 0 Å². The maximum Gasteiger partial charge on any atom is 0.121 e. The standard InChI is InChI=1S/C17H27NO/c1-7-14(12-18-17(3,4)5)11-15-8-9-16(19-6)13(2)10-15/h8-11,18H,7,12H2,1-6H3. The van der Waals surface area contributed by atoms with Crippen molar-refractivity contribution in [2.75, 3.05) is 13.7 Å². The zero-order chi connectivity index (χ0) is 14.5. The zero-order valence-electron chi connectivity index (χ0n) is 13.1. The van der Waals surface area contributed by atoms with Gasteiger partial charge in [-0.1, -0.05) is 24.6 Å². The topological polar surface area (TPSA) is 21.3 Å². The number of hydrogen-bond donors (Lipinski definition) is 1. The Morgan fingerprint density at radius 2 is 2.00 bits per heavy atom. The molecule has 0 bridgehead atoms. The summed E-state index contributed by atoms with van der Waals surface area (Å²) in [5.74, 6) is 0.947. The monoisotopic (exact) mass is 261 g/mol. The van der Waals surface area contributed by atoms with Crippen LogP contribution < -0.4 is 10.1 Å². The number of hydrogen-bond acceptors (Lipinski definition) is 2. The Morgan fingerprint density at radius 3 is 2.47 bits per heavy atom. The van der Waals surface area contributed by atoms with Gasteiger partial charge in [0.25, 0.3) is 0 Å². The zero-order valence-corrected chi connectivity index (χ0v) is 13.1. The lowest BCUT2D eigenvalue weighted by molar-refractivity contribution is 0.411. The van der Waals surface area contributed by atoms with E-state index in [0.717, 1.165) is 18.7 Å². The van der Waals surface area contributed by atoms with Crippen LogP contribution in [0.3, 0.4) is 0 Å². The molecule has 0 spiro atoms. The molecule has 0 unspecified atom stereocenters. The Morgan fingerprint density at radius 1 is 1.32 bits per heavy atom. The van der Waals surface area contributed by atoms with Gasteiger partial charge in [-0.25, -0.2) is 0 Å². The van der Waals surface area contributed by atoms with Crippen LogP contribution in [0.4, 0.5) is 0 Å². The molecule has 106 valence electrons. The molecule has 0 atom stereocenters. The van der Waals surface area contributed by atoms with Gasteiger partial charge < -0.3 is 10.1 Å². The molecule has 0 radical (unpaired) electrons. The minimum atomic E-state index is 0.157. The summed E-state index contributed by atoms with van der Waals surface area (Å²) < 4.78 is 5.29. The summed E-state index contributed by atoms with van der Waals surface area (Å²) in [7, 11) is 1.71. The number of aryl methyl sites for hydroxylation is 1. The molecule has 2 nitrogen and oxygen atoms in total. The van der Waals surface area contributed by atoms with Crippen LogP contribution >= 0.6 is 0 Å². The molecule has 0 amide bonds. The first-order valence-corrected chi connectivity index (χ1v) is 6.95. The number of rotatable bonds is 5. The van der Waals surface area contributed by atoms with Crippen molar-refractivity contribution in [3.8, 4) is 5.75 Å². The van der Waals surface area contributed by atoms with E-state index >= 15 is 0 Å². The summed E-state index contributed by atoms with van der Waals surface area (Å²) in [6, 6.07) is 6.32. The second-order valence-corrected chi connectivity index (χ2v) is 5.99. The van der Waals surface area contributed by atoms with E-state index < -0.39 is 0 Å². The summed E-state index contributed by atoms with van der Waals surface area (Å²) in [5, 5.41) is 3.54. The van der Waals surface area contributed by atoms with Crippen LogP contribution in [0.25, 0.3) is 6.08 Å². The van der Waals surface area contributed by atoms with E-state index in [1.807, 2.05) is 6.07 Å². The number of ether oxygens (including phenoxy) is 1. The van der Waals surface area contributed by atoms with Crippen molar-refractivity contribution >= 4 is 6.08 Å². The lowest BCUT2D eigenvalue weighted by Crippen LogP contribution is -2.36. The number of nitrogens with one attached hydrogen (secondary N) is 1. The van der Waals surface area contributed by atoms with Crippen molar-refractivity contribution < 1.29 is 4.74 Å². The van der Waals surface area contributed by atoms with Crippen molar-refractivity contribution in [1.82, 2.24) is 5.32 Å². The van der Waals surface area contributed by atoms with E-state index in [-0.39, 0.29) is 5.54 Å². The fourth-order valence-electron chi connectivity index (χ4n) is 1.88. The Kier molecular flexibility index (Phi) is 5.61. The maximum atomic E-state index is 5.29. The third-order valence-electron chi connectivity index (χ3n) is 3.09. The summed E-state index contributed by atoms with van der Waals surface area (Å²) in [5.41, 5.74) is 3.99. The molecule has 0 saturated heterocycles. The van der Waals surface area contributed by atoms with Crippen LogP contribution in [0.2, 0.25) is 0 Å². The maximum absolute atomic E-state index is 5.29. The lowest BCUT2D eigenvalue weighted by atomic mass is 10.0. The van der Waals surface area contributed by atoms with Crippen LogP contribution in [0.1, 0.15) is 45.2 Å². The Balaban J connectivity index is 2.83. The van der Waals surface area contributed by atoms with Crippen molar-refractivity contribution in [2.24, 2.45) is 0 Å². The minimum absolute atomic E-state index is 0.157. The predicted molar refractivity (Wildman–Crippen MR) is 83.8 cm³/mol. The van der Waals surface area contributed by atoms with E-state index in [9.17, 15) is 0 Å². The highest BCUT2D eigenvalue weighted by molar-refractivity contribution is 5.56. The molecule has 19 heavy (non-hydrogen) atoms. The number of methoxy groups -OCH3 is 1. The summed E-state index contributed by atoms with van der Waals surface area (Å²) in [4.78, 5) is 0. The molecule has 1 rings (SSSR count). The Labute approximate surface area is 117 Å². The van der Waals surface area contributed by atoms with Crippen molar-refractivity contribution in [2.45, 2.75) is 46.6 Å². The molecular formula is C17H27NO. The van der Waals surface area contributed by atoms with Crippen LogP contribution in [-0.4, -0.2) is 19.2 Å². The van der Waals surface area contributed by atoms with Crippen molar-refractivity contribution in [1.29, 1.82) is 0 Å². The molecule has 2 heteroatoms. The first-order valence-electron chi connectivity index (χ1n) is 6.95. The minimum Gasteiger partial charge on any atom is -0.496 e. The predicted octanol–water partition coefficient (Wildman–Crippen LogP) is 4.19. The molecule has 0 heterocycles. The Bertz CT molecular complexity index is 441. The SMILES string of the molecule is CCC(=Cc1ccc(OC)c(C)c1)CNC(C)(C)C. The molecule has 1 aromatic carbocycles. The highest BCUT2D eigenvalue weighted by atomic mass is 16.5.